The molecular weight excluding hydrogens is 380 g/mol. The van der Waals surface area contributed by atoms with Crippen LogP contribution in [0.2, 0.25) is 0 Å². The molecule has 0 bridgehead atoms. The summed E-state index contributed by atoms with van der Waals surface area (Å²) in [5, 5.41) is 18.0. The van der Waals surface area contributed by atoms with Crippen LogP contribution >= 0.6 is 11.3 Å². The van der Waals surface area contributed by atoms with Gasteiger partial charge in [0.1, 0.15) is 5.01 Å². The minimum Gasteiger partial charge on any atom is -0.390 e. The lowest BCUT2D eigenvalue weighted by atomic mass is 9.63. The van der Waals surface area contributed by atoms with E-state index in [9.17, 15) is 5.11 Å². The molecule has 0 radical (unpaired) electrons. The summed E-state index contributed by atoms with van der Waals surface area (Å²) in [6.07, 6.45) is 4.81. The van der Waals surface area contributed by atoms with Crippen LogP contribution in [-0.4, -0.2) is 25.9 Å². The second-order valence-corrected chi connectivity index (χ2v) is 9.13. The summed E-state index contributed by atoms with van der Waals surface area (Å²) in [5.74, 6) is 0. The number of nitrogens with one attached hydrogen (secondary N) is 1. The van der Waals surface area contributed by atoms with E-state index in [-0.39, 0.29) is 0 Å². The first-order valence-corrected chi connectivity index (χ1v) is 10.4. The predicted octanol–water partition coefficient (Wildman–Crippen LogP) is 4.57. The van der Waals surface area contributed by atoms with E-state index in [0.29, 0.717) is 12.8 Å². The zero-order valence-corrected chi connectivity index (χ0v) is 16.9. The van der Waals surface area contributed by atoms with Gasteiger partial charge in [-0.3, -0.25) is 5.10 Å². The van der Waals surface area contributed by atoms with E-state index in [4.69, 9.17) is 10.7 Å². The molecule has 0 atom stereocenters. The van der Waals surface area contributed by atoms with Crippen LogP contribution in [0, 0.1) is 0 Å². The summed E-state index contributed by atoms with van der Waals surface area (Å²) in [6, 6.07) is 18.6. The number of aliphatic hydroxyl groups is 1. The Morgan fingerprint density at radius 2 is 1.72 bits per heavy atom. The number of aromatic amines is 1. The van der Waals surface area contributed by atoms with Crippen LogP contribution in [0.3, 0.4) is 0 Å². The number of nitrogens with two attached hydrogens (primary N) is 1. The van der Waals surface area contributed by atoms with E-state index in [2.05, 4.69) is 46.6 Å². The van der Waals surface area contributed by atoms with Crippen LogP contribution in [0.4, 0.5) is 0 Å². The fourth-order valence-electron chi connectivity index (χ4n) is 4.26. The highest BCUT2D eigenvalue weighted by Gasteiger charge is 2.49. The average molecular weight is 403 g/mol. The Morgan fingerprint density at radius 1 is 1.00 bits per heavy atom. The van der Waals surface area contributed by atoms with Crippen molar-refractivity contribution in [2.45, 2.75) is 30.9 Å². The second-order valence-electron chi connectivity index (χ2n) is 8.13. The van der Waals surface area contributed by atoms with Gasteiger partial charge in [0, 0.05) is 22.9 Å². The van der Waals surface area contributed by atoms with Gasteiger partial charge in [0.25, 0.3) is 0 Å². The molecule has 1 saturated carbocycles. The molecular formula is C23H22N4OS. The normalized spacial score (nSPS) is 23.7. The predicted molar refractivity (Wildman–Crippen MR) is 116 cm³/mol. The van der Waals surface area contributed by atoms with Gasteiger partial charge >= 0.3 is 0 Å². The number of hydrogen-bond acceptors (Lipinski definition) is 5. The van der Waals surface area contributed by atoms with E-state index in [1.54, 1.807) is 17.5 Å². The lowest BCUT2D eigenvalue weighted by Gasteiger charge is -2.49. The zero-order chi connectivity index (χ0) is 20.1. The van der Waals surface area contributed by atoms with Gasteiger partial charge in [-0.15, -0.1) is 11.3 Å². The summed E-state index contributed by atoms with van der Waals surface area (Å²) in [7, 11) is 0. The number of nitrogens with zero attached hydrogens (tertiary/aromatic N) is 2. The topological polar surface area (TPSA) is 87.8 Å². The summed E-state index contributed by atoms with van der Waals surface area (Å²) in [5.41, 5.74) is 10.6. The average Bonchev–Trinajstić information content (AvgIpc) is 3.37. The van der Waals surface area contributed by atoms with Crippen LogP contribution in [0.1, 0.15) is 25.3 Å². The number of hydrogen-bond donors (Lipinski definition) is 3. The molecule has 2 heterocycles. The van der Waals surface area contributed by atoms with Gasteiger partial charge in [-0.1, -0.05) is 54.6 Å². The molecule has 0 spiro atoms. The Labute approximate surface area is 173 Å². The molecule has 1 aliphatic rings. The van der Waals surface area contributed by atoms with Crippen molar-refractivity contribution in [3.63, 3.8) is 0 Å². The molecule has 4 N–H and O–H groups in total. The third-order valence-electron chi connectivity index (χ3n) is 5.53. The molecule has 0 unspecified atom stereocenters. The number of aromatic nitrogens is 3. The highest BCUT2D eigenvalue weighted by molar-refractivity contribution is 7.19. The lowest BCUT2D eigenvalue weighted by Crippen LogP contribution is -2.58. The number of H-pyrrole nitrogens is 1. The Hall–Kier alpha value is -2.80. The van der Waals surface area contributed by atoms with E-state index >= 15 is 0 Å². The van der Waals surface area contributed by atoms with Gasteiger partial charge in [0.2, 0.25) is 0 Å². The number of benzene rings is 2. The van der Waals surface area contributed by atoms with Crippen molar-refractivity contribution in [2.75, 3.05) is 0 Å². The SMILES string of the molecule is C[C@]1(O)C[C@@](N)(c2ccc(-c3nc(-c4cn[nH]c4)sc3-c3ccccc3)cc2)C1. The Morgan fingerprint density at radius 3 is 2.34 bits per heavy atom. The molecule has 146 valence electrons. The monoisotopic (exact) mass is 402 g/mol. The summed E-state index contributed by atoms with van der Waals surface area (Å²) < 4.78 is 0. The Kier molecular flexibility index (Phi) is 4.17. The first-order valence-electron chi connectivity index (χ1n) is 9.61. The molecule has 29 heavy (non-hydrogen) atoms. The van der Waals surface area contributed by atoms with Gasteiger partial charge in [0.05, 0.1) is 22.4 Å². The minimum atomic E-state index is -0.664. The Balaban J connectivity index is 1.55. The molecule has 0 aliphatic heterocycles. The van der Waals surface area contributed by atoms with E-state index in [0.717, 1.165) is 37.8 Å². The standard InChI is InChI=1S/C23H22N4OS/c1-22(28)13-23(24,14-22)18-9-7-15(8-10-18)19-20(16-5-3-2-4-6-16)29-21(27-19)17-11-25-26-12-17/h2-12,28H,13-14,24H2,1H3,(H,25,26)/t22-,23-. The van der Waals surface area contributed by atoms with Crippen LogP contribution in [0.25, 0.3) is 32.3 Å². The van der Waals surface area contributed by atoms with Gasteiger partial charge in [-0.2, -0.15) is 5.10 Å². The molecule has 4 aromatic rings. The van der Waals surface area contributed by atoms with Gasteiger partial charge in [-0.05, 0) is 30.9 Å². The van der Waals surface area contributed by atoms with Crippen molar-refractivity contribution in [1.29, 1.82) is 0 Å². The van der Waals surface area contributed by atoms with Crippen molar-refractivity contribution in [2.24, 2.45) is 5.73 Å². The fraction of sp³-hybridized carbons (Fsp3) is 0.217. The van der Waals surface area contributed by atoms with Crippen molar-refractivity contribution in [1.82, 2.24) is 15.2 Å². The van der Waals surface area contributed by atoms with Crippen LogP contribution < -0.4 is 5.73 Å². The largest absolute Gasteiger partial charge is 0.390 e. The second kappa shape index (κ2) is 6.62. The van der Waals surface area contributed by atoms with Crippen LogP contribution in [0.5, 0.6) is 0 Å². The summed E-state index contributed by atoms with van der Waals surface area (Å²) >= 11 is 1.66. The molecule has 5 rings (SSSR count). The molecule has 0 saturated heterocycles. The van der Waals surface area contributed by atoms with E-state index in [1.165, 1.54) is 0 Å². The van der Waals surface area contributed by atoms with Crippen molar-refractivity contribution >= 4 is 11.3 Å². The lowest BCUT2D eigenvalue weighted by molar-refractivity contribution is -0.0738. The van der Waals surface area contributed by atoms with E-state index < -0.39 is 11.1 Å². The van der Waals surface area contributed by atoms with Gasteiger partial charge < -0.3 is 10.8 Å². The highest BCUT2D eigenvalue weighted by atomic mass is 32.1. The molecule has 6 heteroatoms. The van der Waals surface area contributed by atoms with Crippen LogP contribution in [0.15, 0.2) is 67.0 Å². The molecule has 1 aliphatic carbocycles. The molecule has 1 fully saturated rings. The van der Waals surface area contributed by atoms with Crippen molar-refractivity contribution < 1.29 is 5.11 Å². The number of thiazole rings is 1. The molecule has 2 aromatic heterocycles. The summed E-state index contributed by atoms with van der Waals surface area (Å²) in [6.45, 7) is 1.84. The minimum absolute atomic E-state index is 0.450. The fourth-order valence-corrected chi connectivity index (χ4v) is 5.34. The quantitative estimate of drug-likeness (QED) is 0.467. The smallest absolute Gasteiger partial charge is 0.127 e. The van der Waals surface area contributed by atoms with Crippen molar-refractivity contribution in [3.8, 4) is 32.3 Å². The maximum atomic E-state index is 10.1. The van der Waals surface area contributed by atoms with Gasteiger partial charge in [-0.25, -0.2) is 4.98 Å². The maximum Gasteiger partial charge on any atom is 0.127 e. The van der Waals surface area contributed by atoms with Crippen LogP contribution in [-0.2, 0) is 5.54 Å². The third-order valence-corrected chi connectivity index (χ3v) is 6.69. The maximum absolute atomic E-state index is 10.1. The molecule has 0 amide bonds. The first-order chi connectivity index (χ1) is 13.9. The Bertz CT molecular complexity index is 1120. The third kappa shape index (κ3) is 3.29. The highest BCUT2D eigenvalue weighted by Crippen LogP contribution is 2.47. The molecule has 2 aromatic carbocycles. The molecule has 5 nitrogen and oxygen atoms in total. The van der Waals surface area contributed by atoms with Gasteiger partial charge in [0.15, 0.2) is 0 Å². The van der Waals surface area contributed by atoms with E-state index in [1.807, 2.05) is 31.3 Å². The summed E-state index contributed by atoms with van der Waals surface area (Å²) in [4.78, 5) is 6.06. The first kappa shape index (κ1) is 18.2. The zero-order valence-electron chi connectivity index (χ0n) is 16.1. The van der Waals surface area contributed by atoms with Crippen molar-refractivity contribution in [3.05, 3.63) is 72.6 Å². The number of rotatable bonds is 4.